The van der Waals surface area contributed by atoms with Gasteiger partial charge >= 0.3 is 0 Å². The minimum atomic E-state index is -3.21. The van der Waals surface area contributed by atoms with Gasteiger partial charge in [-0.25, -0.2) is 8.42 Å². The van der Waals surface area contributed by atoms with Gasteiger partial charge in [0.1, 0.15) is 0 Å². The van der Waals surface area contributed by atoms with Crippen LogP contribution in [0.25, 0.3) is 0 Å². The van der Waals surface area contributed by atoms with E-state index in [4.69, 9.17) is 5.73 Å². The molecule has 1 aromatic carbocycles. The topological polar surface area (TPSA) is 89.3 Å². The lowest BCUT2D eigenvalue weighted by molar-refractivity contribution is -0.117. The number of hydrogen-bond acceptors (Lipinski definition) is 4. The van der Waals surface area contributed by atoms with E-state index >= 15 is 0 Å². The lowest BCUT2D eigenvalue weighted by Gasteiger charge is -2.11. The maximum absolute atomic E-state index is 11.6. The molecule has 100 valence electrons. The zero-order chi connectivity index (χ0) is 13.8. The van der Waals surface area contributed by atoms with Crippen LogP contribution in [0.3, 0.4) is 0 Å². The van der Waals surface area contributed by atoms with Crippen molar-refractivity contribution in [2.45, 2.75) is 30.7 Å². The molecule has 0 aliphatic carbocycles. The molecule has 0 saturated carbocycles. The smallest absolute Gasteiger partial charge is 0.241 e. The fourth-order valence-corrected chi connectivity index (χ4v) is 2.09. The number of anilines is 1. The number of carbonyl (C=O) groups excluding carboxylic acids is 1. The third-order valence-corrected chi connectivity index (χ3v) is 3.61. The Morgan fingerprint density at radius 2 is 1.89 bits per heavy atom. The highest BCUT2D eigenvalue weighted by molar-refractivity contribution is 7.90. The van der Waals surface area contributed by atoms with Gasteiger partial charge in [-0.05, 0) is 30.7 Å². The maximum atomic E-state index is 11.6. The Bertz CT molecular complexity index is 509. The summed E-state index contributed by atoms with van der Waals surface area (Å²) in [6.45, 7) is 1.95. The van der Waals surface area contributed by atoms with Crippen molar-refractivity contribution >= 4 is 21.4 Å². The summed E-state index contributed by atoms with van der Waals surface area (Å²) in [6, 6.07) is 5.47. The first-order valence-corrected chi connectivity index (χ1v) is 7.60. The fourth-order valence-electron chi connectivity index (χ4n) is 1.46. The van der Waals surface area contributed by atoms with Crippen LogP contribution in [-0.2, 0) is 14.6 Å². The van der Waals surface area contributed by atoms with Crippen molar-refractivity contribution < 1.29 is 13.2 Å². The lowest BCUT2D eigenvalue weighted by Crippen LogP contribution is -2.35. The Kier molecular flexibility index (Phi) is 4.86. The molecule has 1 rings (SSSR count). The van der Waals surface area contributed by atoms with Crippen LogP contribution in [0, 0.1) is 0 Å². The van der Waals surface area contributed by atoms with E-state index in [0.717, 1.165) is 12.7 Å². The average Bonchev–Trinajstić information content (AvgIpc) is 2.28. The van der Waals surface area contributed by atoms with Gasteiger partial charge in [-0.3, -0.25) is 4.79 Å². The molecule has 1 atom stereocenters. The monoisotopic (exact) mass is 270 g/mol. The first kappa shape index (κ1) is 14.7. The Hall–Kier alpha value is -1.40. The Morgan fingerprint density at radius 1 is 1.33 bits per heavy atom. The highest BCUT2D eigenvalue weighted by Crippen LogP contribution is 2.14. The largest absolute Gasteiger partial charge is 0.325 e. The standard InChI is InChI=1S/C12H18N2O3S/c1-3-4-11(13)12(15)14-9-5-7-10(8-6-9)18(2,16)17/h5-8,11H,3-4,13H2,1-2H3,(H,14,15)/t11-/m1/s1. The molecule has 0 heterocycles. The van der Waals surface area contributed by atoms with E-state index in [1.165, 1.54) is 12.1 Å². The van der Waals surface area contributed by atoms with Crippen LogP contribution < -0.4 is 11.1 Å². The third kappa shape index (κ3) is 4.12. The van der Waals surface area contributed by atoms with E-state index in [1.807, 2.05) is 6.92 Å². The molecule has 0 radical (unpaired) electrons. The quantitative estimate of drug-likeness (QED) is 0.840. The average molecular weight is 270 g/mol. The SMILES string of the molecule is CCC[C@@H](N)C(=O)Nc1ccc(S(C)(=O)=O)cc1. The Labute approximate surface area is 107 Å². The Morgan fingerprint density at radius 3 is 2.33 bits per heavy atom. The molecule has 0 spiro atoms. The van der Waals surface area contributed by atoms with Crippen molar-refractivity contribution in [3.8, 4) is 0 Å². The van der Waals surface area contributed by atoms with Crippen molar-refractivity contribution in [3.05, 3.63) is 24.3 Å². The minimum absolute atomic E-state index is 0.221. The van der Waals surface area contributed by atoms with Gasteiger partial charge in [0.2, 0.25) is 5.91 Å². The van der Waals surface area contributed by atoms with E-state index < -0.39 is 15.9 Å². The summed E-state index contributed by atoms with van der Waals surface area (Å²) < 4.78 is 22.5. The summed E-state index contributed by atoms with van der Waals surface area (Å²) in [5.74, 6) is -0.260. The summed E-state index contributed by atoms with van der Waals surface area (Å²) >= 11 is 0. The number of hydrogen-bond donors (Lipinski definition) is 2. The normalized spacial score (nSPS) is 13.1. The highest BCUT2D eigenvalue weighted by Gasteiger charge is 2.12. The number of rotatable bonds is 5. The zero-order valence-electron chi connectivity index (χ0n) is 10.5. The Balaban J connectivity index is 2.73. The van der Waals surface area contributed by atoms with Crippen molar-refractivity contribution in [3.63, 3.8) is 0 Å². The molecule has 0 aromatic heterocycles. The molecule has 5 nitrogen and oxygen atoms in total. The summed E-state index contributed by atoms with van der Waals surface area (Å²) in [5.41, 5.74) is 6.21. The van der Waals surface area contributed by atoms with Crippen molar-refractivity contribution in [2.75, 3.05) is 11.6 Å². The second-order valence-corrected chi connectivity index (χ2v) is 6.20. The first-order chi connectivity index (χ1) is 8.34. The van der Waals surface area contributed by atoms with E-state index in [9.17, 15) is 13.2 Å². The molecule has 0 fully saturated rings. The molecule has 0 aliphatic heterocycles. The van der Waals surface area contributed by atoms with E-state index in [0.29, 0.717) is 12.1 Å². The number of carbonyl (C=O) groups is 1. The fraction of sp³-hybridized carbons (Fsp3) is 0.417. The first-order valence-electron chi connectivity index (χ1n) is 5.71. The molecule has 1 aromatic rings. The molecule has 18 heavy (non-hydrogen) atoms. The predicted molar refractivity (Wildman–Crippen MR) is 71.1 cm³/mol. The van der Waals surface area contributed by atoms with Crippen LogP contribution in [-0.4, -0.2) is 26.6 Å². The van der Waals surface area contributed by atoms with Gasteiger partial charge < -0.3 is 11.1 Å². The number of amides is 1. The third-order valence-electron chi connectivity index (χ3n) is 2.49. The van der Waals surface area contributed by atoms with Crippen molar-refractivity contribution in [1.82, 2.24) is 0 Å². The van der Waals surface area contributed by atoms with E-state index in [2.05, 4.69) is 5.32 Å². The molecule has 0 bridgehead atoms. The highest BCUT2D eigenvalue weighted by atomic mass is 32.2. The number of nitrogens with two attached hydrogens (primary N) is 1. The predicted octanol–water partition coefficient (Wildman–Crippen LogP) is 1.16. The lowest BCUT2D eigenvalue weighted by atomic mass is 10.1. The summed E-state index contributed by atoms with van der Waals surface area (Å²) in [7, 11) is -3.21. The summed E-state index contributed by atoms with van der Waals surface area (Å²) in [6.07, 6.45) is 2.59. The zero-order valence-corrected chi connectivity index (χ0v) is 11.3. The van der Waals surface area contributed by atoms with Gasteiger partial charge in [-0.1, -0.05) is 13.3 Å². The number of sulfone groups is 1. The van der Waals surface area contributed by atoms with Crippen molar-refractivity contribution in [2.24, 2.45) is 5.73 Å². The molecule has 6 heteroatoms. The second kappa shape index (κ2) is 5.97. The number of benzene rings is 1. The van der Waals surface area contributed by atoms with Crippen molar-refractivity contribution in [1.29, 1.82) is 0 Å². The van der Waals surface area contributed by atoms with Crippen LogP contribution in [0.2, 0.25) is 0 Å². The van der Waals surface area contributed by atoms with Gasteiger partial charge in [0.25, 0.3) is 0 Å². The summed E-state index contributed by atoms with van der Waals surface area (Å²) in [4.78, 5) is 11.9. The van der Waals surface area contributed by atoms with Gasteiger partial charge in [-0.15, -0.1) is 0 Å². The van der Waals surface area contributed by atoms with Crippen LogP contribution in [0.1, 0.15) is 19.8 Å². The van der Waals surface area contributed by atoms with Gasteiger partial charge in [-0.2, -0.15) is 0 Å². The minimum Gasteiger partial charge on any atom is -0.325 e. The maximum Gasteiger partial charge on any atom is 0.241 e. The molecule has 1 amide bonds. The second-order valence-electron chi connectivity index (χ2n) is 4.18. The molecular formula is C12H18N2O3S. The molecular weight excluding hydrogens is 252 g/mol. The molecule has 0 saturated heterocycles. The molecule has 3 N–H and O–H groups in total. The van der Waals surface area contributed by atoms with Gasteiger partial charge in [0.15, 0.2) is 9.84 Å². The summed E-state index contributed by atoms with van der Waals surface area (Å²) in [5, 5.41) is 2.65. The molecule has 0 aliphatic rings. The van der Waals surface area contributed by atoms with Gasteiger partial charge in [0.05, 0.1) is 10.9 Å². The van der Waals surface area contributed by atoms with Crippen LogP contribution >= 0.6 is 0 Å². The van der Waals surface area contributed by atoms with Gasteiger partial charge in [0, 0.05) is 11.9 Å². The van der Waals surface area contributed by atoms with Crippen LogP contribution in [0.4, 0.5) is 5.69 Å². The van der Waals surface area contributed by atoms with E-state index in [-0.39, 0.29) is 10.8 Å². The van der Waals surface area contributed by atoms with Crippen LogP contribution in [0.15, 0.2) is 29.2 Å². The van der Waals surface area contributed by atoms with Crippen LogP contribution in [0.5, 0.6) is 0 Å². The molecule has 0 unspecified atom stereocenters. The number of nitrogens with one attached hydrogen (secondary N) is 1. The van der Waals surface area contributed by atoms with E-state index in [1.54, 1.807) is 12.1 Å².